The quantitative estimate of drug-likeness (QED) is 0.661. The highest BCUT2D eigenvalue weighted by Gasteiger charge is 2.08. The Hall–Kier alpha value is -2.43. The molecule has 2 heterocycles. The van der Waals surface area contributed by atoms with Gasteiger partial charge in [-0.15, -0.1) is 0 Å². The maximum absolute atomic E-state index is 10.8. The van der Waals surface area contributed by atoms with Crippen molar-refractivity contribution < 1.29 is 9.21 Å². The van der Waals surface area contributed by atoms with Gasteiger partial charge in [-0.1, -0.05) is 6.07 Å². The van der Waals surface area contributed by atoms with Gasteiger partial charge in [-0.2, -0.15) is 5.10 Å². The minimum absolute atomic E-state index is 0.527. The summed E-state index contributed by atoms with van der Waals surface area (Å²) in [4.78, 5) is 14.8. The lowest BCUT2D eigenvalue weighted by Crippen LogP contribution is -1.83. The van der Waals surface area contributed by atoms with Crippen LogP contribution in [-0.2, 0) is 0 Å². The fraction of sp³-hybridized carbons (Fsp3) is 0. The van der Waals surface area contributed by atoms with Gasteiger partial charge in [-0.05, 0) is 12.1 Å². The van der Waals surface area contributed by atoms with Gasteiger partial charge in [0.15, 0.2) is 18.3 Å². The lowest BCUT2D eigenvalue weighted by Gasteiger charge is -1.97. The highest BCUT2D eigenvalue weighted by atomic mass is 16.3. The molecule has 1 N–H and O–H groups in total. The molecular formula is C11H7N3O2. The number of benzene rings is 1. The van der Waals surface area contributed by atoms with Crippen LogP contribution in [-0.4, -0.2) is 21.5 Å². The Labute approximate surface area is 90.1 Å². The predicted molar refractivity (Wildman–Crippen MR) is 57.0 cm³/mol. The van der Waals surface area contributed by atoms with Crippen LogP contribution < -0.4 is 0 Å². The zero-order valence-corrected chi connectivity index (χ0v) is 8.18. The SMILES string of the molecule is O=Cc1cn[nH]c1-c1ccc2ncoc2c1. The molecule has 0 aliphatic heterocycles. The number of nitrogens with zero attached hydrogens (tertiary/aromatic N) is 2. The predicted octanol–water partition coefficient (Wildman–Crippen LogP) is 2.03. The Morgan fingerprint density at radius 3 is 3.19 bits per heavy atom. The summed E-state index contributed by atoms with van der Waals surface area (Å²) in [7, 11) is 0. The first-order valence-corrected chi connectivity index (χ1v) is 4.70. The minimum atomic E-state index is 0.527. The van der Waals surface area contributed by atoms with E-state index in [1.165, 1.54) is 12.6 Å². The van der Waals surface area contributed by atoms with Gasteiger partial charge in [0.25, 0.3) is 0 Å². The number of oxazole rings is 1. The van der Waals surface area contributed by atoms with Crippen LogP contribution in [0.1, 0.15) is 10.4 Å². The second kappa shape index (κ2) is 3.30. The van der Waals surface area contributed by atoms with Gasteiger partial charge in [-0.3, -0.25) is 9.89 Å². The maximum Gasteiger partial charge on any atom is 0.181 e. The zero-order valence-electron chi connectivity index (χ0n) is 8.18. The zero-order chi connectivity index (χ0) is 11.0. The first kappa shape index (κ1) is 8.84. The number of nitrogens with one attached hydrogen (secondary N) is 1. The van der Waals surface area contributed by atoms with E-state index in [0.717, 1.165) is 17.4 Å². The first-order valence-electron chi connectivity index (χ1n) is 4.70. The highest BCUT2D eigenvalue weighted by Crippen LogP contribution is 2.24. The van der Waals surface area contributed by atoms with Gasteiger partial charge in [0.1, 0.15) is 5.52 Å². The van der Waals surface area contributed by atoms with E-state index in [0.29, 0.717) is 16.8 Å². The number of aldehydes is 1. The summed E-state index contributed by atoms with van der Waals surface area (Å²) in [6.45, 7) is 0. The second-order valence-electron chi connectivity index (χ2n) is 3.35. The highest BCUT2D eigenvalue weighted by molar-refractivity contribution is 5.88. The number of hydrogen-bond donors (Lipinski definition) is 1. The number of H-pyrrole nitrogens is 1. The average molecular weight is 213 g/mol. The van der Waals surface area contributed by atoms with Crippen molar-refractivity contribution in [2.24, 2.45) is 0 Å². The molecule has 5 nitrogen and oxygen atoms in total. The van der Waals surface area contributed by atoms with Crippen LogP contribution in [0.5, 0.6) is 0 Å². The van der Waals surface area contributed by atoms with E-state index < -0.39 is 0 Å². The molecule has 0 unspecified atom stereocenters. The molecule has 0 aliphatic rings. The van der Waals surface area contributed by atoms with Gasteiger partial charge in [0.05, 0.1) is 17.5 Å². The summed E-state index contributed by atoms with van der Waals surface area (Å²) >= 11 is 0. The number of aromatic amines is 1. The molecule has 0 aliphatic carbocycles. The van der Waals surface area contributed by atoms with Gasteiger partial charge >= 0.3 is 0 Å². The second-order valence-corrected chi connectivity index (χ2v) is 3.35. The Bertz CT molecular complexity index is 654. The normalized spacial score (nSPS) is 10.8. The molecule has 78 valence electrons. The third kappa shape index (κ3) is 1.22. The lowest BCUT2D eigenvalue weighted by atomic mass is 10.1. The summed E-state index contributed by atoms with van der Waals surface area (Å²) in [5.41, 5.74) is 3.54. The van der Waals surface area contributed by atoms with Gasteiger partial charge in [-0.25, -0.2) is 4.98 Å². The Balaban J connectivity index is 2.21. The summed E-state index contributed by atoms with van der Waals surface area (Å²) in [5, 5.41) is 6.62. The van der Waals surface area contributed by atoms with Crippen molar-refractivity contribution in [2.75, 3.05) is 0 Å². The van der Waals surface area contributed by atoms with Crippen molar-refractivity contribution in [3.63, 3.8) is 0 Å². The van der Waals surface area contributed by atoms with E-state index in [4.69, 9.17) is 4.42 Å². The number of aromatic nitrogens is 3. The van der Waals surface area contributed by atoms with E-state index in [1.54, 1.807) is 0 Å². The van der Waals surface area contributed by atoms with E-state index >= 15 is 0 Å². The third-order valence-corrected chi connectivity index (χ3v) is 2.42. The molecule has 0 saturated carbocycles. The van der Waals surface area contributed by atoms with Crippen LogP contribution in [0.2, 0.25) is 0 Å². The largest absolute Gasteiger partial charge is 0.443 e. The lowest BCUT2D eigenvalue weighted by molar-refractivity contribution is 0.112. The fourth-order valence-corrected chi connectivity index (χ4v) is 1.63. The van der Waals surface area contributed by atoms with Gasteiger partial charge in [0.2, 0.25) is 0 Å². The standard InChI is InChI=1S/C11H7N3O2/c15-5-8-4-13-14-11(8)7-1-2-9-10(3-7)16-6-12-9/h1-6H,(H,13,14). The van der Waals surface area contributed by atoms with Crippen LogP contribution in [0.25, 0.3) is 22.4 Å². The molecule has 0 radical (unpaired) electrons. The van der Waals surface area contributed by atoms with Crippen molar-refractivity contribution >= 4 is 17.4 Å². The number of fused-ring (bicyclic) bond motifs is 1. The van der Waals surface area contributed by atoms with Crippen LogP contribution in [0.4, 0.5) is 0 Å². The van der Waals surface area contributed by atoms with Crippen molar-refractivity contribution in [3.05, 3.63) is 36.4 Å². The first-order chi connectivity index (χ1) is 7.88. The minimum Gasteiger partial charge on any atom is -0.443 e. The van der Waals surface area contributed by atoms with E-state index in [1.807, 2.05) is 18.2 Å². The number of rotatable bonds is 2. The van der Waals surface area contributed by atoms with Gasteiger partial charge < -0.3 is 4.42 Å². The van der Waals surface area contributed by atoms with Crippen molar-refractivity contribution in [3.8, 4) is 11.3 Å². The van der Waals surface area contributed by atoms with Crippen molar-refractivity contribution in [2.45, 2.75) is 0 Å². The molecule has 3 aromatic rings. The maximum atomic E-state index is 10.8. The summed E-state index contributed by atoms with van der Waals surface area (Å²) in [5.74, 6) is 0. The topological polar surface area (TPSA) is 71.8 Å². The molecule has 0 spiro atoms. The molecule has 3 rings (SSSR count). The number of carbonyl (C=O) groups excluding carboxylic acids is 1. The number of carbonyl (C=O) groups is 1. The van der Waals surface area contributed by atoms with E-state index in [9.17, 15) is 4.79 Å². The van der Waals surface area contributed by atoms with Crippen LogP contribution in [0.3, 0.4) is 0 Å². The molecule has 0 bridgehead atoms. The van der Waals surface area contributed by atoms with Crippen molar-refractivity contribution in [1.29, 1.82) is 0 Å². The fourth-order valence-electron chi connectivity index (χ4n) is 1.63. The Morgan fingerprint density at radius 1 is 1.38 bits per heavy atom. The smallest absolute Gasteiger partial charge is 0.181 e. The monoisotopic (exact) mass is 213 g/mol. The molecule has 0 fully saturated rings. The molecule has 2 aromatic heterocycles. The van der Waals surface area contributed by atoms with E-state index in [2.05, 4.69) is 15.2 Å². The molecule has 0 saturated heterocycles. The molecular weight excluding hydrogens is 206 g/mol. The van der Waals surface area contributed by atoms with Gasteiger partial charge in [0, 0.05) is 5.56 Å². The Kier molecular flexibility index (Phi) is 1.83. The Morgan fingerprint density at radius 2 is 2.31 bits per heavy atom. The molecule has 0 atom stereocenters. The van der Waals surface area contributed by atoms with Crippen LogP contribution in [0, 0.1) is 0 Å². The average Bonchev–Trinajstić information content (AvgIpc) is 2.96. The summed E-state index contributed by atoms with van der Waals surface area (Å²) < 4.78 is 5.20. The summed E-state index contributed by atoms with van der Waals surface area (Å²) in [6.07, 6.45) is 3.65. The molecule has 0 amide bonds. The number of hydrogen-bond acceptors (Lipinski definition) is 4. The van der Waals surface area contributed by atoms with Crippen LogP contribution in [0.15, 0.2) is 35.2 Å². The molecule has 1 aromatic carbocycles. The molecule has 16 heavy (non-hydrogen) atoms. The van der Waals surface area contributed by atoms with Crippen molar-refractivity contribution in [1.82, 2.24) is 15.2 Å². The van der Waals surface area contributed by atoms with Crippen LogP contribution >= 0.6 is 0 Å². The summed E-state index contributed by atoms with van der Waals surface area (Å²) in [6, 6.07) is 5.53. The molecule has 5 heteroatoms. The third-order valence-electron chi connectivity index (χ3n) is 2.42. The van der Waals surface area contributed by atoms with E-state index in [-0.39, 0.29) is 0 Å².